The Balaban J connectivity index is 3.52. The first kappa shape index (κ1) is 14.2. The Morgan fingerprint density at radius 2 is 1.94 bits per heavy atom. The van der Waals surface area contributed by atoms with E-state index in [0.29, 0.717) is 25.5 Å². The van der Waals surface area contributed by atoms with Crippen LogP contribution in [0, 0.1) is 0 Å². The minimum Gasteiger partial charge on any atom is -0.490 e. The Morgan fingerprint density at radius 3 is 2.50 bits per heavy atom. The summed E-state index contributed by atoms with van der Waals surface area (Å²) in [6.07, 6.45) is 1.90. The molecule has 0 fully saturated rings. The van der Waals surface area contributed by atoms with Gasteiger partial charge in [-0.15, -0.1) is 0 Å². The van der Waals surface area contributed by atoms with Crippen LogP contribution in [0.5, 0.6) is 0 Å². The van der Waals surface area contributed by atoms with Crippen molar-refractivity contribution in [2.45, 2.75) is 13.3 Å². The fourth-order valence-electron chi connectivity index (χ4n) is 0.798. The van der Waals surface area contributed by atoms with Crippen molar-refractivity contribution in [1.29, 1.82) is 0 Å². The number of hydrogen-bond acceptors (Lipinski definition) is 5. The number of carbonyl (C=O) groups is 3. The molecule has 16 heavy (non-hydrogen) atoms. The van der Waals surface area contributed by atoms with E-state index < -0.39 is 6.09 Å². The molecule has 0 unspecified atom stereocenters. The number of amides is 1. The van der Waals surface area contributed by atoms with Crippen LogP contribution in [-0.4, -0.2) is 38.4 Å². The van der Waals surface area contributed by atoms with Crippen LogP contribution < -0.4 is 5.32 Å². The average molecular weight is 229 g/mol. The molecule has 0 rings (SSSR count). The zero-order chi connectivity index (χ0) is 12.2. The summed E-state index contributed by atoms with van der Waals surface area (Å²) < 4.78 is 9.67. The summed E-state index contributed by atoms with van der Waals surface area (Å²) in [6, 6.07) is 0. The Labute approximate surface area is 93.6 Å². The van der Waals surface area contributed by atoms with Gasteiger partial charge in [0.05, 0.1) is 13.2 Å². The summed E-state index contributed by atoms with van der Waals surface area (Å²) in [5.41, 5.74) is 0. The Bertz CT molecular complexity index is 262. The second-order valence-electron chi connectivity index (χ2n) is 2.69. The van der Waals surface area contributed by atoms with Crippen molar-refractivity contribution >= 4 is 18.7 Å². The molecule has 0 saturated heterocycles. The maximum absolute atomic E-state index is 10.8. The molecule has 0 spiro atoms. The summed E-state index contributed by atoms with van der Waals surface area (Å²) in [4.78, 5) is 31.1. The number of aldehydes is 2. The minimum atomic E-state index is -0.485. The number of rotatable bonds is 8. The van der Waals surface area contributed by atoms with Crippen molar-refractivity contribution in [1.82, 2.24) is 5.32 Å². The van der Waals surface area contributed by atoms with E-state index in [0.717, 1.165) is 6.08 Å². The van der Waals surface area contributed by atoms with E-state index in [1.165, 1.54) is 0 Å². The fourth-order valence-corrected chi connectivity index (χ4v) is 0.798. The van der Waals surface area contributed by atoms with E-state index in [4.69, 9.17) is 9.47 Å². The maximum Gasteiger partial charge on any atom is 0.407 e. The van der Waals surface area contributed by atoms with Gasteiger partial charge in [0.2, 0.25) is 0 Å². The Hall–Kier alpha value is -1.85. The number of hydrogen-bond donors (Lipinski definition) is 1. The van der Waals surface area contributed by atoms with Gasteiger partial charge in [0.25, 0.3) is 0 Å². The van der Waals surface area contributed by atoms with Crippen molar-refractivity contribution in [3.8, 4) is 0 Å². The van der Waals surface area contributed by atoms with Crippen LogP contribution in [0.4, 0.5) is 4.79 Å². The summed E-state index contributed by atoms with van der Waals surface area (Å²) in [5.74, 6) is -0.0343. The third-order valence-electron chi connectivity index (χ3n) is 1.46. The van der Waals surface area contributed by atoms with Crippen LogP contribution in [0.2, 0.25) is 0 Å². The van der Waals surface area contributed by atoms with Crippen LogP contribution in [0.1, 0.15) is 13.3 Å². The van der Waals surface area contributed by atoms with Crippen molar-refractivity contribution in [2.24, 2.45) is 0 Å². The van der Waals surface area contributed by atoms with Crippen LogP contribution in [-0.2, 0) is 19.1 Å². The molecule has 6 heteroatoms. The van der Waals surface area contributed by atoms with Gasteiger partial charge in [-0.2, -0.15) is 0 Å². The highest BCUT2D eigenvalue weighted by atomic mass is 16.5. The van der Waals surface area contributed by atoms with Crippen molar-refractivity contribution in [3.63, 3.8) is 0 Å². The summed E-state index contributed by atoms with van der Waals surface area (Å²) in [5, 5.41) is 2.46. The first-order chi connectivity index (χ1) is 7.74. The first-order valence-corrected chi connectivity index (χ1v) is 4.88. The minimum absolute atomic E-state index is 0.0343. The maximum atomic E-state index is 10.8. The van der Waals surface area contributed by atoms with Gasteiger partial charge in [-0.05, 0) is 6.92 Å². The SMILES string of the molecule is CCNC(=O)OCCCOC(C=O)=CC=O. The van der Waals surface area contributed by atoms with Crippen molar-refractivity contribution in [2.75, 3.05) is 19.8 Å². The van der Waals surface area contributed by atoms with E-state index in [9.17, 15) is 14.4 Å². The van der Waals surface area contributed by atoms with Crippen molar-refractivity contribution in [3.05, 3.63) is 11.8 Å². The summed E-state index contributed by atoms with van der Waals surface area (Å²) in [7, 11) is 0. The molecule has 1 amide bonds. The standard InChI is InChI=1S/C10H15NO5/c1-2-11-10(14)16-7-3-6-15-9(8-13)4-5-12/h4-5,8H,2-3,6-7H2,1H3,(H,11,14). The molecule has 0 aromatic rings. The third-order valence-corrected chi connectivity index (χ3v) is 1.46. The molecule has 0 aromatic carbocycles. The smallest absolute Gasteiger partial charge is 0.407 e. The molecule has 0 aliphatic heterocycles. The lowest BCUT2D eigenvalue weighted by Gasteiger charge is -2.06. The lowest BCUT2D eigenvalue weighted by molar-refractivity contribution is -0.109. The second-order valence-corrected chi connectivity index (χ2v) is 2.69. The molecule has 1 N–H and O–H groups in total. The molecule has 0 atom stereocenters. The van der Waals surface area contributed by atoms with E-state index in [1.807, 2.05) is 0 Å². The zero-order valence-electron chi connectivity index (χ0n) is 9.10. The fraction of sp³-hybridized carbons (Fsp3) is 0.500. The zero-order valence-corrected chi connectivity index (χ0v) is 9.10. The molecule has 0 aromatic heterocycles. The summed E-state index contributed by atoms with van der Waals surface area (Å²) in [6.45, 7) is 2.69. The van der Waals surface area contributed by atoms with Gasteiger partial charge in [0, 0.05) is 19.0 Å². The molecule has 0 bridgehead atoms. The number of ether oxygens (including phenoxy) is 2. The quantitative estimate of drug-likeness (QED) is 0.282. The highest BCUT2D eigenvalue weighted by Crippen LogP contribution is 1.94. The van der Waals surface area contributed by atoms with Gasteiger partial charge >= 0.3 is 6.09 Å². The Kier molecular flexibility index (Phi) is 8.57. The molecule has 0 saturated carbocycles. The molecule has 0 aliphatic carbocycles. The third kappa shape index (κ3) is 7.54. The van der Waals surface area contributed by atoms with E-state index in [2.05, 4.69) is 5.32 Å². The van der Waals surface area contributed by atoms with Crippen LogP contribution in [0.3, 0.4) is 0 Å². The molecular formula is C10H15NO5. The van der Waals surface area contributed by atoms with Crippen LogP contribution in [0.25, 0.3) is 0 Å². The van der Waals surface area contributed by atoms with E-state index >= 15 is 0 Å². The van der Waals surface area contributed by atoms with E-state index in [1.54, 1.807) is 6.92 Å². The highest BCUT2D eigenvalue weighted by Gasteiger charge is 1.99. The lowest BCUT2D eigenvalue weighted by atomic mass is 10.4. The van der Waals surface area contributed by atoms with Gasteiger partial charge in [-0.3, -0.25) is 9.59 Å². The molecular weight excluding hydrogens is 214 g/mol. The summed E-state index contributed by atoms with van der Waals surface area (Å²) >= 11 is 0. The number of carbonyl (C=O) groups excluding carboxylic acids is 3. The molecule has 0 radical (unpaired) electrons. The molecule has 90 valence electrons. The topological polar surface area (TPSA) is 81.7 Å². The number of nitrogens with one attached hydrogen (secondary N) is 1. The van der Waals surface area contributed by atoms with Gasteiger partial charge in [-0.25, -0.2) is 4.79 Å². The first-order valence-electron chi connectivity index (χ1n) is 4.88. The van der Waals surface area contributed by atoms with Gasteiger partial charge in [0.15, 0.2) is 12.0 Å². The largest absolute Gasteiger partial charge is 0.490 e. The van der Waals surface area contributed by atoms with Gasteiger partial charge < -0.3 is 14.8 Å². The second kappa shape index (κ2) is 9.70. The lowest BCUT2D eigenvalue weighted by Crippen LogP contribution is -2.24. The van der Waals surface area contributed by atoms with Gasteiger partial charge in [-0.1, -0.05) is 0 Å². The van der Waals surface area contributed by atoms with Crippen LogP contribution >= 0.6 is 0 Å². The molecule has 0 heterocycles. The van der Waals surface area contributed by atoms with E-state index in [-0.39, 0.29) is 19.0 Å². The predicted molar refractivity (Wildman–Crippen MR) is 55.8 cm³/mol. The molecule has 6 nitrogen and oxygen atoms in total. The average Bonchev–Trinajstić information content (AvgIpc) is 2.27. The van der Waals surface area contributed by atoms with Crippen molar-refractivity contribution < 1.29 is 23.9 Å². The van der Waals surface area contributed by atoms with Gasteiger partial charge in [0.1, 0.15) is 6.29 Å². The number of alkyl carbamates (subject to hydrolysis) is 1. The number of allylic oxidation sites excluding steroid dienone is 2. The highest BCUT2D eigenvalue weighted by molar-refractivity contribution is 5.79. The van der Waals surface area contributed by atoms with Crippen LogP contribution in [0.15, 0.2) is 11.8 Å². The monoisotopic (exact) mass is 229 g/mol. The molecule has 0 aliphatic rings. The predicted octanol–water partition coefficient (Wildman–Crippen LogP) is 0.421. The normalized spacial score (nSPS) is 10.4. The Morgan fingerprint density at radius 1 is 1.25 bits per heavy atom.